The fourth-order valence-corrected chi connectivity index (χ4v) is 3.74. The normalized spacial score (nSPS) is 14.9. The van der Waals surface area contributed by atoms with Crippen LogP contribution < -0.4 is 0 Å². The molecule has 2 heterocycles. The number of methoxy groups -OCH3 is 1. The van der Waals surface area contributed by atoms with Gasteiger partial charge in [-0.3, -0.25) is 4.98 Å². The second kappa shape index (κ2) is 9.94. The molecule has 0 atom stereocenters. The number of carbonyl (C=O) groups excluding carboxylic acids is 2. The summed E-state index contributed by atoms with van der Waals surface area (Å²) < 4.78 is 10.2. The number of aryl methyl sites for hydroxylation is 1. The molecule has 6 heteroatoms. The van der Waals surface area contributed by atoms with Crippen molar-refractivity contribution in [2.45, 2.75) is 52.1 Å². The van der Waals surface area contributed by atoms with E-state index in [2.05, 4.69) is 17.1 Å². The summed E-state index contributed by atoms with van der Waals surface area (Å²) in [6.07, 6.45) is 5.69. The molecule has 0 saturated carbocycles. The zero-order valence-electron chi connectivity index (χ0n) is 18.9. The van der Waals surface area contributed by atoms with Crippen LogP contribution in [0.5, 0.6) is 0 Å². The molecule has 0 radical (unpaired) electrons. The molecule has 0 spiro atoms. The van der Waals surface area contributed by atoms with Gasteiger partial charge in [-0.15, -0.1) is 0 Å². The average molecular weight is 425 g/mol. The molecule has 1 aromatic carbocycles. The number of likely N-dealkylation sites (tertiary alicyclic amines) is 1. The van der Waals surface area contributed by atoms with Crippen LogP contribution in [0.4, 0.5) is 4.79 Å². The number of benzene rings is 1. The van der Waals surface area contributed by atoms with Crippen LogP contribution in [0.1, 0.15) is 56.1 Å². The van der Waals surface area contributed by atoms with Gasteiger partial charge in [0.2, 0.25) is 0 Å². The monoisotopic (exact) mass is 424 g/mol. The maximum Gasteiger partial charge on any atom is 0.410 e. The molecule has 0 bridgehead atoms. The van der Waals surface area contributed by atoms with E-state index in [9.17, 15) is 9.59 Å². The van der Waals surface area contributed by atoms with Gasteiger partial charge in [-0.25, -0.2) is 9.59 Å². The van der Waals surface area contributed by atoms with Gasteiger partial charge in [0.15, 0.2) is 0 Å². The summed E-state index contributed by atoms with van der Waals surface area (Å²) in [6, 6.07) is 11.5. The molecule has 6 nitrogen and oxygen atoms in total. The van der Waals surface area contributed by atoms with Crippen molar-refractivity contribution in [2.24, 2.45) is 5.92 Å². The summed E-state index contributed by atoms with van der Waals surface area (Å²) in [7, 11) is 1.38. The first-order chi connectivity index (χ1) is 14.7. The van der Waals surface area contributed by atoms with Crippen molar-refractivity contribution in [1.82, 2.24) is 9.88 Å². The van der Waals surface area contributed by atoms with Gasteiger partial charge in [-0.2, -0.15) is 0 Å². The Morgan fingerprint density at radius 2 is 1.68 bits per heavy atom. The number of esters is 1. The largest absolute Gasteiger partial charge is 0.465 e. The number of piperidine rings is 1. The lowest BCUT2D eigenvalue weighted by Crippen LogP contribution is -2.41. The molecular weight excluding hydrogens is 392 g/mol. The predicted molar refractivity (Wildman–Crippen MR) is 120 cm³/mol. The third-order valence-electron chi connectivity index (χ3n) is 5.54. The number of pyridine rings is 1. The highest BCUT2D eigenvalue weighted by Gasteiger charge is 2.26. The second-order valence-electron chi connectivity index (χ2n) is 9.06. The molecule has 0 unspecified atom stereocenters. The molecule has 0 N–H and O–H groups in total. The molecule has 2 aromatic rings. The molecule has 1 aliphatic heterocycles. The average Bonchev–Trinajstić information content (AvgIpc) is 2.77. The summed E-state index contributed by atoms with van der Waals surface area (Å²) in [6.45, 7) is 7.20. The van der Waals surface area contributed by atoms with Gasteiger partial charge in [-0.05, 0) is 76.1 Å². The Kier molecular flexibility index (Phi) is 7.31. The van der Waals surface area contributed by atoms with Gasteiger partial charge < -0.3 is 14.4 Å². The minimum atomic E-state index is -0.449. The van der Waals surface area contributed by atoms with Gasteiger partial charge >= 0.3 is 12.1 Å². The van der Waals surface area contributed by atoms with Gasteiger partial charge in [0, 0.05) is 30.5 Å². The van der Waals surface area contributed by atoms with E-state index >= 15 is 0 Å². The molecule has 31 heavy (non-hydrogen) atoms. The van der Waals surface area contributed by atoms with E-state index in [0.717, 1.165) is 55.6 Å². The number of hydrogen-bond donors (Lipinski definition) is 0. The Morgan fingerprint density at radius 1 is 1.03 bits per heavy atom. The topological polar surface area (TPSA) is 68.7 Å². The first kappa shape index (κ1) is 22.8. The third kappa shape index (κ3) is 6.54. The first-order valence-corrected chi connectivity index (χ1v) is 10.9. The van der Waals surface area contributed by atoms with Crippen molar-refractivity contribution in [3.05, 3.63) is 53.9 Å². The Morgan fingerprint density at radius 3 is 2.23 bits per heavy atom. The Balaban J connectivity index is 1.47. The molecule has 3 rings (SSSR count). The number of ether oxygens (including phenoxy) is 2. The van der Waals surface area contributed by atoms with Crippen LogP contribution in [0.2, 0.25) is 0 Å². The lowest BCUT2D eigenvalue weighted by atomic mass is 9.91. The lowest BCUT2D eigenvalue weighted by molar-refractivity contribution is 0.0181. The highest BCUT2D eigenvalue weighted by molar-refractivity contribution is 5.89. The molecular formula is C25H32N2O4. The SMILES string of the molecule is COC(=O)c1ccc(-c2ccc(CCC3CCN(C(=O)OC(C)(C)C)CC3)nc2)cc1. The van der Waals surface area contributed by atoms with E-state index in [4.69, 9.17) is 9.47 Å². The number of nitrogens with zero attached hydrogens (tertiary/aromatic N) is 2. The van der Waals surface area contributed by atoms with E-state index in [1.54, 1.807) is 12.1 Å². The van der Waals surface area contributed by atoms with E-state index in [0.29, 0.717) is 11.5 Å². The fraction of sp³-hybridized carbons (Fsp3) is 0.480. The number of aromatic nitrogens is 1. The standard InChI is InChI=1S/C25H32N2O4/c1-25(2,3)31-24(29)27-15-13-18(14-16-27)5-11-22-12-10-21(17-26-22)19-6-8-20(9-7-19)23(28)30-4/h6-10,12,17-18H,5,11,13-16H2,1-4H3. The summed E-state index contributed by atoms with van der Waals surface area (Å²) in [5.41, 5.74) is 3.19. The highest BCUT2D eigenvalue weighted by Crippen LogP contribution is 2.24. The van der Waals surface area contributed by atoms with Crippen LogP contribution in [-0.2, 0) is 15.9 Å². The van der Waals surface area contributed by atoms with Crippen LogP contribution in [0.25, 0.3) is 11.1 Å². The molecule has 0 aliphatic carbocycles. The highest BCUT2D eigenvalue weighted by atomic mass is 16.6. The van der Waals surface area contributed by atoms with Crippen LogP contribution in [0.15, 0.2) is 42.6 Å². The van der Waals surface area contributed by atoms with E-state index in [-0.39, 0.29) is 12.1 Å². The zero-order valence-corrected chi connectivity index (χ0v) is 18.9. The van der Waals surface area contributed by atoms with Crippen molar-refractivity contribution in [3.8, 4) is 11.1 Å². The van der Waals surface area contributed by atoms with Gasteiger partial charge in [0.05, 0.1) is 12.7 Å². The number of hydrogen-bond acceptors (Lipinski definition) is 5. The zero-order chi connectivity index (χ0) is 22.4. The number of amides is 1. The fourth-order valence-electron chi connectivity index (χ4n) is 3.74. The quantitative estimate of drug-likeness (QED) is 0.624. The van der Waals surface area contributed by atoms with Crippen LogP contribution >= 0.6 is 0 Å². The molecule has 1 aliphatic rings. The minimum absolute atomic E-state index is 0.206. The smallest absolute Gasteiger partial charge is 0.410 e. The summed E-state index contributed by atoms with van der Waals surface area (Å²) in [4.78, 5) is 30.2. The number of carbonyl (C=O) groups is 2. The summed E-state index contributed by atoms with van der Waals surface area (Å²) in [5, 5.41) is 0. The van der Waals surface area contributed by atoms with E-state index in [1.165, 1.54) is 7.11 Å². The molecule has 1 saturated heterocycles. The van der Waals surface area contributed by atoms with Crippen molar-refractivity contribution < 1.29 is 19.1 Å². The van der Waals surface area contributed by atoms with Gasteiger partial charge in [0.25, 0.3) is 0 Å². The van der Waals surface area contributed by atoms with Crippen LogP contribution in [0.3, 0.4) is 0 Å². The van der Waals surface area contributed by atoms with E-state index < -0.39 is 5.60 Å². The van der Waals surface area contributed by atoms with Crippen molar-refractivity contribution >= 4 is 12.1 Å². The van der Waals surface area contributed by atoms with Crippen molar-refractivity contribution in [3.63, 3.8) is 0 Å². The Labute approximate surface area is 184 Å². The van der Waals surface area contributed by atoms with Gasteiger partial charge in [0.1, 0.15) is 5.60 Å². The van der Waals surface area contributed by atoms with Gasteiger partial charge in [-0.1, -0.05) is 18.2 Å². The molecule has 1 fully saturated rings. The molecule has 1 amide bonds. The van der Waals surface area contributed by atoms with Crippen LogP contribution in [0, 0.1) is 5.92 Å². The van der Waals surface area contributed by atoms with Crippen molar-refractivity contribution in [2.75, 3.05) is 20.2 Å². The second-order valence-corrected chi connectivity index (χ2v) is 9.06. The Hall–Kier alpha value is -2.89. The summed E-state index contributed by atoms with van der Waals surface area (Å²) in [5.74, 6) is 0.267. The first-order valence-electron chi connectivity index (χ1n) is 10.9. The summed E-state index contributed by atoms with van der Waals surface area (Å²) >= 11 is 0. The minimum Gasteiger partial charge on any atom is -0.465 e. The molecule has 1 aromatic heterocycles. The maximum atomic E-state index is 12.2. The van der Waals surface area contributed by atoms with Crippen LogP contribution in [-0.4, -0.2) is 47.7 Å². The predicted octanol–water partition coefficient (Wildman–Crippen LogP) is 5.11. The lowest BCUT2D eigenvalue weighted by Gasteiger charge is -2.33. The number of rotatable bonds is 5. The Bertz CT molecular complexity index is 877. The third-order valence-corrected chi connectivity index (χ3v) is 5.54. The van der Waals surface area contributed by atoms with Crippen molar-refractivity contribution in [1.29, 1.82) is 0 Å². The van der Waals surface area contributed by atoms with E-state index in [1.807, 2.05) is 44.0 Å². The maximum absolute atomic E-state index is 12.2. The molecule has 166 valence electrons.